The summed E-state index contributed by atoms with van der Waals surface area (Å²) in [6, 6.07) is 13.8. The highest BCUT2D eigenvalue weighted by molar-refractivity contribution is 7.93. The van der Waals surface area contributed by atoms with Gasteiger partial charge in [0.15, 0.2) is 14.6 Å². The maximum absolute atomic E-state index is 15.0. The molecule has 1 aliphatic heterocycles. The van der Waals surface area contributed by atoms with Gasteiger partial charge in [0.1, 0.15) is 17.5 Å². The second kappa shape index (κ2) is 7.13. The number of amidine groups is 1. The number of hydrogen-bond donors (Lipinski definition) is 3. The third-order valence-corrected chi connectivity index (χ3v) is 9.77. The lowest BCUT2D eigenvalue weighted by Gasteiger charge is -2.44. The molecule has 2 atom stereocenters. The second-order valence-corrected chi connectivity index (χ2v) is 11.4. The van der Waals surface area contributed by atoms with Crippen molar-refractivity contribution in [2.45, 2.75) is 24.1 Å². The summed E-state index contributed by atoms with van der Waals surface area (Å²) in [5.41, 5.74) is 5.57. The highest BCUT2D eigenvalue weighted by Gasteiger charge is 2.56. The number of sulfone groups is 1. The normalized spacial score (nSPS) is 25.2. The number of anilines is 1. The molecule has 0 unspecified atom stereocenters. The quantitative estimate of drug-likeness (QED) is 0.504. The lowest BCUT2D eigenvalue weighted by molar-refractivity contribution is 0.426. The van der Waals surface area contributed by atoms with Crippen LogP contribution in [0.15, 0.2) is 54.6 Å². The van der Waals surface area contributed by atoms with Gasteiger partial charge < -0.3 is 11.1 Å². The van der Waals surface area contributed by atoms with Crippen molar-refractivity contribution < 1.29 is 17.2 Å². The average molecular weight is 462 g/mol. The third kappa shape index (κ3) is 3.32. The number of hydrogen-bond acceptors (Lipinski definition) is 5. The van der Waals surface area contributed by atoms with Crippen molar-refractivity contribution in [2.75, 3.05) is 11.5 Å². The molecule has 0 spiro atoms. The summed E-state index contributed by atoms with van der Waals surface area (Å²) in [7, 11) is -4.09. The van der Waals surface area contributed by atoms with Gasteiger partial charge in [-0.05, 0) is 43.7 Å². The van der Waals surface area contributed by atoms with Crippen LogP contribution in [0.2, 0.25) is 0 Å². The van der Waals surface area contributed by atoms with Crippen molar-refractivity contribution in [1.82, 2.24) is 5.32 Å². The Hall–Kier alpha value is -2.78. The zero-order valence-corrected chi connectivity index (χ0v) is 18.5. The van der Waals surface area contributed by atoms with Crippen molar-refractivity contribution in [3.8, 4) is 10.4 Å². The molecule has 1 aromatic heterocycles. The fraction of sp³-hybridized carbons (Fsp3) is 0.227. The van der Waals surface area contributed by atoms with Gasteiger partial charge >= 0.3 is 0 Å². The van der Waals surface area contributed by atoms with Crippen molar-refractivity contribution in [2.24, 2.45) is 0 Å². The molecule has 4 rings (SSSR count). The van der Waals surface area contributed by atoms with Gasteiger partial charge in [0, 0.05) is 16.1 Å². The van der Waals surface area contributed by atoms with Crippen LogP contribution in [-0.4, -0.2) is 20.0 Å². The molecular weight excluding hydrogens is 440 g/mol. The van der Waals surface area contributed by atoms with Crippen LogP contribution in [0.4, 0.5) is 14.5 Å². The van der Waals surface area contributed by atoms with Gasteiger partial charge in [0.05, 0.1) is 16.2 Å². The molecule has 1 fully saturated rings. The number of nitrogen functional groups attached to an aromatic ring is 1. The minimum absolute atomic E-state index is 0.110. The molecule has 0 bridgehead atoms. The average Bonchev–Trinajstić information content (AvgIpc) is 3.09. The maximum Gasteiger partial charge on any atom is 0.169 e. The molecule has 1 saturated heterocycles. The smallest absolute Gasteiger partial charge is 0.169 e. The minimum atomic E-state index is -4.09. The van der Waals surface area contributed by atoms with Gasteiger partial charge in [-0.25, -0.2) is 17.2 Å². The summed E-state index contributed by atoms with van der Waals surface area (Å²) in [6.45, 7) is 2.84. The summed E-state index contributed by atoms with van der Waals surface area (Å²) in [4.78, 5) is 0.753. The van der Waals surface area contributed by atoms with Crippen LogP contribution in [0, 0.1) is 17.0 Å². The summed E-state index contributed by atoms with van der Waals surface area (Å²) >= 11 is 1.10. The highest BCUT2D eigenvalue weighted by Crippen LogP contribution is 2.44. The molecule has 0 aliphatic carbocycles. The van der Waals surface area contributed by atoms with Crippen LogP contribution in [0.3, 0.4) is 0 Å². The Kier molecular flexibility index (Phi) is 4.94. The molecule has 2 heterocycles. The Morgan fingerprint density at radius 3 is 2.42 bits per heavy atom. The molecule has 5 nitrogen and oxygen atoms in total. The maximum atomic E-state index is 15.0. The Balaban J connectivity index is 1.78. The number of nitrogens with two attached hydrogens (primary N) is 1. The van der Waals surface area contributed by atoms with Crippen LogP contribution in [0.5, 0.6) is 0 Å². The molecule has 1 aliphatic rings. The Morgan fingerprint density at radius 1 is 1.06 bits per heavy atom. The molecule has 0 saturated carbocycles. The molecule has 2 aromatic carbocycles. The van der Waals surface area contributed by atoms with E-state index >= 15 is 0 Å². The van der Waals surface area contributed by atoms with E-state index in [2.05, 4.69) is 5.32 Å². The molecular formula is C22H21F2N3O2S2. The minimum Gasteiger partial charge on any atom is -0.399 e. The van der Waals surface area contributed by atoms with Crippen molar-refractivity contribution in [1.29, 1.82) is 5.41 Å². The lowest BCUT2D eigenvalue weighted by Crippen LogP contribution is -2.63. The van der Waals surface area contributed by atoms with E-state index in [9.17, 15) is 17.2 Å². The fourth-order valence-electron chi connectivity index (χ4n) is 3.96. The number of thiophene rings is 1. The fourth-order valence-corrected chi connectivity index (χ4v) is 7.31. The van der Waals surface area contributed by atoms with E-state index in [1.807, 2.05) is 0 Å². The zero-order chi connectivity index (χ0) is 22.6. The van der Waals surface area contributed by atoms with E-state index in [4.69, 9.17) is 11.1 Å². The van der Waals surface area contributed by atoms with Gasteiger partial charge in [0.2, 0.25) is 0 Å². The number of rotatable bonds is 3. The Morgan fingerprint density at radius 2 is 1.77 bits per heavy atom. The predicted octanol–water partition coefficient (Wildman–Crippen LogP) is 4.40. The summed E-state index contributed by atoms with van der Waals surface area (Å²) in [5.74, 6) is -2.18. The first-order chi connectivity index (χ1) is 14.5. The van der Waals surface area contributed by atoms with Crippen molar-refractivity contribution >= 4 is 32.7 Å². The summed E-state index contributed by atoms with van der Waals surface area (Å²) in [5, 5.41) is 11.4. The summed E-state index contributed by atoms with van der Waals surface area (Å²) < 4.78 is 54.4. The van der Waals surface area contributed by atoms with Crippen LogP contribution < -0.4 is 11.1 Å². The third-order valence-electron chi connectivity index (χ3n) is 5.73. The van der Waals surface area contributed by atoms with Crippen molar-refractivity contribution in [3.05, 3.63) is 76.7 Å². The van der Waals surface area contributed by atoms with Crippen LogP contribution in [0.1, 0.15) is 24.3 Å². The van der Waals surface area contributed by atoms with Gasteiger partial charge in [-0.2, -0.15) is 0 Å². The SMILES string of the molecule is C[C@@]1(c2sc(-c3cccc(N)c3)cc2F)CS(=O)(=O)[C@@](C)(c2ccccc2F)C(=N)N1. The number of nitrogens with one attached hydrogen (secondary N) is 2. The molecule has 9 heteroatoms. The van der Waals surface area contributed by atoms with Gasteiger partial charge in [0.25, 0.3) is 0 Å². The molecule has 3 aromatic rings. The number of halogens is 2. The highest BCUT2D eigenvalue weighted by atomic mass is 32.2. The first kappa shape index (κ1) is 21.5. The van der Waals surface area contributed by atoms with E-state index in [1.54, 1.807) is 24.3 Å². The topological polar surface area (TPSA) is 96.0 Å². The number of benzene rings is 2. The Bertz CT molecular complexity index is 1310. The molecule has 0 amide bonds. The first-order valence-electron chi connectivity index (χ1n) is 9.48. The molecule has 162 valence electrons. The van der Waals surface area contributed by atoms with Gasteiger partial charge in [-0.15, -0.1) is 11.3 Å². The molecule has 4 N–H and O–H groups in total. The van der Waals surface area contributed by atoms with Gasteiger partial charge in [-0.1, -0.05) is 30.3 Å². The van der Waals surface area contributed by atoms with E-state index in [1.165, 1.54) is 38.1 Å². The largest absolute Gasteiger partial charge is 0.399 e. The van der Waals surface area contributed by atoms with E-state index in [0.29, 0.717) is 16.1 Å². The van der Waals surface area contributed by atoms with E-state index < -0.39 is 43.3 Å². The second-order valence-electron chi connectivity index (χ2n) is 8.02. The van der Waals surface area contributed by atoms with Crippen LogP contribution in [-0.2, 0) is 20.1 Å². The molecule has 31 heavy (non-hydrogen) atoms. The standard InChI is InChI=1S/C22H21F2N3O2S2/c1-21(19-17(24)11-18(30-19)13-6-5-7-14(25)10-13)12-31(28,29)22(2,20(26)27-21)15-8-3-4-9-16(15)23/h3-11H,12,25H2,1-2H3,(H2,26,27)/t21-,22-/m0/s1. The van der Waals surface area contributed by atoms with Crippen molar-refractivity contribution in [3.63, 3.8) is 0 Å². The summed E-state index contributed by atoms with van der Waals surface area (Å²) in [6.07, 6.45) is 0. The first-order valence-corrected chi connectivity index (χ1v) is 11.9. The monoisotopic (exact) mass is 461 g/mol. The Labute approximate surface area is 183 Å². The van der Waals surface area contributed by atoms with E-state index in [-0.39, 0.29) is 10.4 Å². The van der Waals surface area contributed by atoms with E-state index in [0.717, 1.165) is 17.4 Å². The lowest BCUT2D eigenvalue weighted by atomic mass is 9.94. The zero-order valence-electron chi connectivity index (χ0n) is 16.9. The predicted molar refractivity (Wildman–Crippen MR) is 120 cm³/mol. The van der Waals surface area contributed by atoms with Gasteiger partial charge in [-0.3, -0.25) is 5.41 Å². The van der Waals surface area contributed by atoms with Crippen LogP contribution >= 0.6 is 11.3 Å². The van der Waals surface area contributed by atoms with Crippen LogP contribution in [0.25, 0.3) is 10.4 Å². The molecule has 0 radical (unpaired) electrons.